The van der Waals surface area contributed by atoms with Gasteiger partial charge in [-0.1, -0.05) is 0 Å². The van der Waals surface area contributed by atoms with Crippen molar-refractivity contribution in [3.63, 3.8) is 0 Å². The van der Waals surface area contributed by atoms with Gasteiger partial charge in [0.2, 0.25) is 0 Å². The van der Waals surface area contributed by atoms with Crippen LogP contribution in [0.1, 0.15) is 10.4 Å². The van der Waals surface area contributed by atoms with Crippen LogP contribution >= 0.6 is 8.52 Å². The molecule has 0 radical (unpaired) electrons. The summed E-state index contributed by atoms with van der Waals surface area (Å²) in [7, 11) is 1.45. The average Bonchev–Trinajstić information content (AvgIpc) is 2.15. The Balaban J connectivity index is 2.84. The number of benzene rings is 1. The van der Waals surface area contributed by atoms with Crippen LogP contribution in [0.5, 0.6) is 5.75 Å². The van der Waals surface area contributed by atoms with Crippen molar-refractivity contribution in [3.05, 3.63) is 29.8 Å². The van der Waals surface area contributed by atoms with E-state index in [1.54, 1.807) is 24.3 Å². The van der Waals surface area contributed by atoms with Crippen molar-refractivity contribution in [2.24, 2.45) is 0 Å². The van der Waals surface area contributed by atoms with Crippen molar-refractivity contribution in [3.8, 4) is 5.75 Å². The molecular formula is C8H8HgO3S. The Kier molecular flexibility index (Phi) is 4.59. The molecule has 0 saturated carbocycles. The van der Waals surface area contributed by atoms with Gasteiger partial charge < -0.3 is 0 Å². The van der Waals surface area contributed by atoms with Gasteiger partial charge in [-0.25, -0.2) is 0 Å². The zero-order valence-electron chi connectivity index (χ0n) is 7.19. The first-order chi connectivity index (χ1) is 6.25. The molecule has 0 bridgehead atoms. The molecule has 0 aliphatic heterocycles. The van der Waals surface area contributed by atoms with Gasteiger partial charge in [-0.05, 0) is 0 Å². The molecule has 5 heteroatoms. The van der Waals surface area contributed by atoms with Crippen LogP contribution in [-0.2, 0) is 23.1 Å². The Morgan fingerprint density at radius 3 is 2.85 bits per heavy atom. The molecule has 1 N–H and O–H groups in total. The van der Waals surface area contributed by atoms with E-state index in [-0.39, 0.29) is 5.56 Å². The molecule has 0 aliphatic carbocycles. The zero-order chi connectivity index (χ0) is 9.68. The molecule has 0 atom stereocenters. The van der Waals surface area contributed by atoms with E-state index in [0.717, 1.165) is 0 Å². The number of aromatic carboxylic acids is 1. The van der Waals surface area contributed by atoms with Crippen molar-refractivity contribution in [2.45, 2.75) is 4.43 Å². The summed E-state index contributed by atoms with van der Waals surface area (Å²) in [6.45, 7) is 0. The van der Waals surface area contributed by atoms with E-state index in [9.17, 15) is 4.79 Å². The molecule has 1 rings (SSSR count). The van der Waals surface area contributed by atoms with E-state index < -0.39 is 29.0 Å². The third-order valence-electron chi connectivity index (χ3n) is 1.38. The molecule has 1 aromatic carbocycles. The zero-order valence-corrected chi connectivity index (χ0v) is 13.5. The summed E-state index contributed by atoms with van der Waals surface area (Å²) in [5.74, 6) is -0.481. The number of hydrogen-bond acceptors (Lipinski definition) is 3. The summed E-state index contributed by atoms with van der Waals surface area (Å²) in [5.41, 5.74) is 0.233. The molecule has 66 valence electrons. The second-order valence-corrected chi connectivity index (χ2v) is 12.8. The average molecular weight is 385 g/mol. The van der Waals surface area contributed by atoms with Gasteiger partial charge in [0.15, 0.2) is 0 Å². The van der Waals surface area contributed by atoms with Gasteiger partial charge in [0.05, 0.1) is 0 Å². The predicted octanol–water partition coefficient (Wildman–Crippen LogP) is 2.46. The molecule has 0 fully saturated rings. The first kappa shape index (κ1) is 10.9. The van der Waals surface area contributed by atoms with Gasteiger partial charge in [0, 0.05) is 0 Å². The second-order valence-electron chi connectivity index (χ2n) is 2.29. The van der Waals surface area contributed by atoms with Gasteiger partial charge in [0.1, 0.15) is 0 Å². The fourth-order valence-corrected chi connectivity index (χ4v) is 4.08. The molecular weight excluding hydrogens is 377 g/mol. The fourth-order valence-electron chi connectivity index (χ4n) is 0.838. The normalized spacial score (nSPS) is 9.00. The standard InChI is InChI=1S/C7H6O3S.CH3.Hg/c8-7(9)5-3-1-2-4-6(5)10-11;;/h1-4,11H,(H,8,9);1H3;/q;;+1/p-1. The topological polar surface area (TPSA) is 46.5 Å². The van der Waals surface area contributed by atoms with Gasteiger partial charge >= 0.3 is 91.6 Å². The molecule has 0 aliphatic rings. The Morgan fingerprint density at radius 2 is 2.23 bits per heavy atom. The van der Waals surface area contributed by atoms with Crippen molar-refractivity contribution >= 4 is 14.5 Å². The monoisotopic (exact) mass is 386 g/mol. The molecule has 0 amide bonds. The van der Waals surface area contributed by atoms with Crippen LogP contribution in [0.3, 0.4) is 0 Å². The van der Waals surface area contributed by atoms with E-state index in [1.165, 1.54) is 8.52 Å². The van der Waals surface area contributed by atoms with Crippen LogP contribution in [0, 0.1) is 0 Å². The molecule has 0 heterocycles. The molecule has 0 aromatic heterocycles. The van der Waals surface area contributed by atoms with E-state index >= 15 is 0 Å². The number of hydrogen-bond donors (Lipinski definition) is 1. The molecule has 0 saturated heterocycles. The van der Waals surface area contributed by atoms with Crippen LogP contribution in [-0.4, -0.2) is 11.1 Å². The molecule has 3 nitrogen and oxygen atoms in total. The second kappa shape index (κ2) is 5.49. The SMILES string of the molecule is [CH3][Hg][S]Oc1ccccc1C(=O)O. The maximum absolute atomic E-state index is 10.7. The number of carboxylic acid groups (broad SMARTS) is 1. The summed E-state index contributed by atoms with van der Waals surface area (Å²) in [4.78, 5) is 10.7. The summed E-state index contributed by atoms with van der Waals surface area (Å²) >= 11 is -0.902. The molecule has 0 spiro atoms. The quantitative estimate of drug-likeness (QED) is 0.640. The summed E-state index contributed by atoms with van der Waals surface area (Å²) in [6.07, 6.45) is 0. The minimum absolute atomic E-state index is 0.233. The first-order valence-electron chi connectivity index (χ1n) is 3.87. The van der Waals surface area contributed by atoms with Crippen LogP contribution in [0.4, 0.5) is 0 Å². The summed E-state index contributed by atoms with van der Waals surface area (Å²) < 4.78 is 7.44. The molecule has 13 heavy (non-hydrogen) atoms. The van der Waals surface area contributed by atoms with Crippen LogP contribution in [0.25, 0.3) is 0 Å². The predicted molar refractivity (Wildman–Crippen MR) is 47.5 cm³/mol. The summed E-state index contributed by atoms with van der Waals surface area (Å²) in [5, 5.41) is 8.79. The number of carboxylic acids is 1. The Bertz CT molecular complexity index is 303. The van der Waals surface area contributed by atoms with Crippen molar-refractivity contribution in [1.82, 2.24) is 0 Å². The minimum atomic E-state index is -0.941. The van der Waals surface area contributed by atoms with Crippen molar-refractivity contribution in [1.29, 1.82) is 0 Å². The summed E-state index contributed by atoms with van der Waals surface area (Å²) in [6, 6.07) is 6.69. The molecule has 0 unspecified atom stereocenters. The number of rotatable bonds is 4. The molecule has 1 aromatic rings. The van der Waals surface area contributed by atoms with E-state index in [0.29, 0.717) is 5.75 Å². The number of para-hydroxylation sites is 1. The van der Waals surface area contributed by atoms with E-state index in [4.69, 9.17) is 9.29 Å². The first-order valence-corrected chi connectivity index (χ1v) is 17.0. The van der Waals surface area contributed by atoms with Crippen LogP contribution < -0.4 is 4.18 Å². The fraction of sp³-hybridized carbons (Fsp3) is 0.125. The van der Waals surface area contributed by atoms with Crippen molar-refractivity contribution < 1.29 is 37.1 Å². The van der Waals surface area contributed by atoms with Gasteiger partial charge in [-0.15, -0.1) is 0 Å². The van der Waals surface area contributed by atoms with Gasteiger partial charge in [-0.3, -0.25) is 0 Å². The van der Waals surface area contributed by atoms with Crippen LogP contribution in [0.15, 0.2) is 24.3 Å². The Morgan fingerprint density at radius 1 is 1.54 bits per heavy atom. The van der Waals surface area contributed by atoms with E-state index in [2.05, 4.69) is 4.43 Å². The van der Waals surface area contributed by atoms with Gasteiger partial charge in [-0.2, -0.15) is 0 Å². The van der Waals surface area contributed by atoms with E-state index in [1.807, 2.05) is 0 Å². The Labute approximate surface area is 91.2 Å². The number of carbonyl (C=O) groups is 1. The third-order valence-corrected chi connectivity index (χ3v) is 6.04. The Hall–Kier alpha value is -0.225. The third kappa shape index (κ3) is 3.19. The maximum atomic E-state index is 10.7. The van der Waals surface area contributed by atoms with Gasteiger partial charge in [0.25, 0.3) is 0 Å². The van der Waals surface area contributed by atoms with Crippen molar-refractivity contribution in [2.75, 3.05) is 0 Å². The van der Waals surface area contributed by atoms with Crippen LogP contribution in [0.2, 0.25) is 4.43 Å².